The number of benzene rings is 5. The second-order valence-electron chi connectivity index (χ2n) is 11.3. The number of rotatable bonds is 11. The molecule has 2 nitrogen and oxygen atoms in total. The molecular formula is C42H44N2. The molecule has 5 aromatic carbocycles. The van der Waals surface area contributed by atoms with Gasteiger partial charge < -0.3 is 11.1 Å². The Morgan fingerprint density at radius 3 is 1.84 bits per heavy atom. The molecule has 0 heterocycles. The molecule has 3 N–H and O–H groups in total. The Hall–Kier alpha value is -4.82. The third-order valence-corrected chi connectivity index (χ3v) is 8.42. The average Bonchev–Trinajstić information content (AvgIpc) is 3.06. The van der Waals surface area contributed by atoms with Crippen molar-refractivity contribution in [1.82, 2.24) is 0 Å². The van der Waals surface area contributed by atoms with E-state index in [1.807, 2.05) is 18.3 Å². The quantitative estimate of drug-likeness (QED) is 0.0932. The minimum atomic E-state index is 0.792. The van der Waals surface area contributed by atoms with Crippen LogP contribution < -0.4 is 11.1 Å². The first-order valence-electron chi connectivity index (χ1n) is 16.0. The minimum Gasteiger partial charge on any atom is -0.399 e. The molecule has 222 valence electrons. The van der Waals surface area contributed by atoms with Gasteiger partial charge in [0.25, 0.3) is 0 Å². The van der Waals surface area contributed by atoms with Crippen molar-refractivity contribution in [2.45, 2.75) is 53.4 Å². The number of nitrogens with one attached hydrogen (secondary N) is 1. The van der Waals surface area contributed by atoms with Crippen LogP contribution in [0, 0.1) is 0 Å². The predicted molar refractivity (Wildman–Crippen MR) is 195 cm³/mol. The largest absolute Gasteiger partial charge is 0.399 e. The van der Waals surface area contributed by atoms with E-state index in [9.17, 15) is 0 Å². The summed E-state index contributed by atoms with van der Waals surface area (Å²) in [4.78, 5) is 0. The molecule has 0 radical (unpaired) electrons. The highest BCUT2D eigenvalue weighted by atomic mass is 14.8. The third-order valence-electron chi connectivity index (χ3n) is 8.42. The monoisotopic (exact) mass is 576 g/mol. The molecule has 44 heavy (non-hydrogen) atoms. The molecule has 0 spiro atoms. The molecule has 0 fully saturated rings. The second kappa shape index (κ2) is 14.6. The summed E-state index contributed by atoms with van der Waals surface area (Å²) in [5, 5.41) is 8.31. The van der Waals surface area contributed by atoms with E-state index in [-0.39, 0.29) is 0 Å². The van der Waals surface area contributed by atoms with Gasteiger partial charge in [-0.3, -0.25) is 0 Å². The van der Waals surface area contributed by atoms with Crippen LogP contribution in [0.3, 0.4) is 0 Å². The van der Waals surface area contributed by atoms with Gasteiger partial charge in [0.05, 0.1) is 0 Å². The van der Waals surface area contributed by atoms with Crippen LogP contribution in [-0.4, -0.2) is 0 Å². The molecule has 0 saturated heterocycles. The molecular weight excluding hydrogens is 532 g/mol. The van der Waals surface area contributed by atoms with E-state index in [0.29, 0.717) is 0 Å². The van der Waals surface area contributed by atoms with Crippen molar-refractivity contribution in [3.8, 4) is 0 Å². The van der Waals surface area contributed by atoms with Crippen molar-refractivity contribution in [3.05, 3.63) is 154 Å². The molecule has 0 aliphatic heterocycles. The molecule has 0 unspecified atom stereocenters. The summed E-state index contributed by atoms with van der Waals surface area (Å²) < 4.78 is 0. The van der Waals surface area contributed by atoms with Crippen LogP contribution in [0.1, 0.15) is 61.1 Å². The molecule has 0 aromatic heterocycles. The zero-order chi connectivity index (χ0) is 30.9. The van der Waals surface area contributed by atoms with Gasteiger partial charge in [0.15, 0.2) is 0 Å². The minimum absolute atomic E-state index is 0.792. The van der Waals surface area contributed by atoms with E-state index in [1.54, 1.807) is 0 Å². The smallest absolute Gasteiger partial charge is 0.0382 e. The molecule has 2 heteroatoms. The zero-order valence-electron chi connectivity index (χ0n) is 26.5. The van der Waals surface area contributed by atoms with E-state index >= 15 is 0 Å². The topological polar surface area (TPSA) is 38.0 Å². The van der Waals surface area contributed by atoms with Crippen molar-refractivity contribution < 1.29 is 0 Å². The Labute approximate surface area is 263 Å². The maximum Gasteiger partial charge on any atom is 0.0382 e. The Morgan fingerprint density at radius 1 is 0.591 bits per heavy atom. The van der Waals surface area contributed by atoms with Crippen LogP contribution in [0.5, 0.6) is 0 Å². The fourth-order valence-electron chi connectivity index (χ4n) is 5.88. The van der Waals surface area contributed by atoms with Gasteiger partial charge in [0.2, 0.25) is 0 Å². The molecule has 5 rings (SSSR count). The Balaban J connectivity index is 1.42. The van der Waals surface area contributed by atoms with Crippen molar-refractivity contribution >= 4 is 45.1 Å². The summed E-state index contributed by atoms with van der Waals surface area (Å²) in [6.45, 7) is 8.89. The van der Waals surface area contributed by atoms with Gasteiger partial charge in [-0.25, -0.2) is 0 Å². The van der Waals surface area contributed by atoms with E-state index in [0.717, 1.165) is 48.2 Å². The molecule has 0 bridgehead atoms. The van der Waals surface area contributed by atoms with Crippen LogP contribution >= 0.6 is 0 Å². The number of allylic oxidation sites excluding steroid dienone is 5. The Morgan fingerprint density at radius 2 is 1.16 bits per heavy atom. The lowest BCUT2D eigenvalue weighted by molar-refractivity contribution is 1.04. The maximum atomic E-state index is 6.02. The van der Waals surface area contributed by atoms with Crippen molar-refractivity contribution in [2.75, 3.05) is 11.1 Å². The zero-order valence-corrected chi connectivity index (χ0v) is 26.5. The summed E-state index contributed by atoms with van der Waals surface area (Å²) in [5.41, 5.74) is 17.1. The maximum absolute atomic E-state index is 6.02. The summed E-state index contributed by atoms with van der Waals surface area (Å²) in [6.07, 6.45) is 19.3. The number of fused-ring (bicyclic) bond motifs is 3. The van der Waals surface area contributed by atoms with Crippen molar-refractivity contribution in [3.63, 3.8) is 0 Å². The highest BCUT2D eigenvalue weighted by Crippen LogP contribution is 2.28. The molecule has 0 amide bonds. The van der Waals surface area contributed by atoms with Crippen molar-refractivity contribution in [1.29, 1.82) is 0 Å². The van der Waals surface area contributed by atoms with Gasteiger partial charge in [-0.1, -0.05) is 113 Å². The van der Waals surface area contributed by atoms with Crippen LogP contribution in [0.15, 0.2) is 121 Å². The van der Waals surface area contributed by atoms with Crippen LogP contribution in [0.25, 0.3) is 33.7 Å². The van der Waals surface area contributed by atoms with Gasteiger partial charge >= 0.3 is 0 Å². The first-order chi connectivity index (χ1) is 21.5. The number of nitrogens with two attached hydrogens (primary N) is 1. The SMILES string of the molecule is CCc1ccc(\C=C/C(/C=C/c2ccc3c(ccc4cc(N)ccc43)c2)=C\C=C\Nc2ccc(CC)c(CC)c2)cc1CC. The summed E-state index contributed by atoms with van der Waals surface area (Å²) in [5.74, 6) is 0. The fourth-order valence-corrected chi connectivity index (χ4v) is 5.88. The molecule has 0 aliphatic rings. The molecule has 0 atom stereocenters. The van der Waals surface area contributed by atoms with Crippen molar-refractivity contribution in [2.24, 2.45) is 0 Å². The van der Waals surface area contributed by atoms with E-state index in [2.05, 4.69) is 142 Å². The number of nitrogen functional groups attached to an aromatic ring is 1. The van der Waals surface area contributed by atoms with E-state index in [4.69, 9.17) is 5.73 Å². The van der Waals surface area contributed by atoms with Gasteiger partial charge in [0, 0.05) is 17.6 Å². The summed E-state index contributed by atoms with van der Waals surface area (Å²) >= 11 is 0. The second-order valence-corrected chi connectivity index (χ2v) is 11.3. The molecule has 5 aromatic rings. The average molecular weight is 577 g/mol. The lowest BCUT2D eigenvalue weighted by Crippen LogP contribution is -1.94. The van der Waals surface area contributed by atoms with Gasteiger partial charge in [-0.2, -0.15) is 0 Å². The summed E-state index contributed by atoms with van der Waals surface area (Å²) in [7, 11) is 0. The standard InChI is InChI=1S/C42H44N2/c1-5-33-17-15-31(26-35(33)7-3)13-11-30(10-9-25-44-40-22-20-34(6-2)36(8-4)29-40)12-14-32-16-23-41-37(27-32)18-19-38-28-39(43)21-24-42(38)41/h9-29,44H,5-8,43H2,1-4H3/b13-11-,14-12+,25-9+,30-10+. The highest BCUT2D eigenvalue weighted by Gasteiger charge is 2.03. The lowest BCUT2D eigenvalue weighted by atomic mass is 9.99. The van der Waals surface area contributed by atoms with Gasteiger partial charge in [-0.05, 0) is 123 Å². The lowest BCUT2D eigenvalue weighted by Gasteiger charge is -2.08. The number of hydrogen-bond donors (Lipinski definition) is 2. The third kappa shape index (κ3) is 7.38. The Kier molecular flexibility index (Phi) is 10.1. The first-order valence-corrected chi connectivity index (χ1v) is 16.0. The molecule has 0 aliphatic carbocycles. The van der Waals surface area contributed by atoms with Gasteiger partial charge in [0.1, 0.15) is 0 Å². The van der Waals surface area contributed by atoms with E-state index in [1.165, 1.54) is 49.4 Å². The molecule has 0 saturated carbocycles. The normalized spacial score (nSPS) is 12.4. The van der Waals surface area contributed by atoms with Crippen LogP contribution in [0.2, 0.25) is 0 Å². The van der Waals surface area contributed by atoms with Crippen LogP contribution in [0.4, 0.5) is 11.4 Å². The Bertz CT molecular complexity index is 1880. The van der Waals surface area contributed by atoms with Gasteiger partial charge in [-0.15, -0.1) is 0 Å². The fraction of sp³-hybridized carbons (Fsp3) is 0.190. The number of anilines is 2. The van der Waals surface area contributed by atoms with E-state index < -0.39 is 0 Å². The van der Waals surface area contributed by atoms with Crippen LogP contribution in [-0.2, 0) is 25.7 Å². The predicted octanol–water partition coefficient (Wildman–Crippen LogP) is 11.1. The first kappa shape index (κ1) is 30.6. The number of hydrogen-bond acceptors (Lipinski definition) is 2. The highest BCUT2D eigenvalue weighted by molar-refractivity contribution is 6.08. The summed E-state index contributed by atoms with van der Waals surface area (Å²) in [6, 6.07) is 30.6. The number of aryl methyl sites for hydroxylation is 4.